The van der Waals surface area contributed by atoms with Gasteiger partial charge in [-0.1, -0.05) is 18.2 Å². The zero-order valence-electron chi connectivity index (χ0n) is 11.1. The van der Waals surface area contributed by atoms with E-state index in [9.17, 15) is 0 Å². The Morgan fingerprint density at radius 3 is 2.95 bits per heavy atom. The second-order valence-corrected chi connectivity index (χ2v) is 5.71. The van der Waals surface area contributed by atoms with Crippen LogP contribution in [0.1, 0.15) is 17.1 Å². The van der Waals surface area contributed by atoms with Gasteiger partial charge in [0.25, 0.3) is 0 Å². The molecule has 0 saturated carbocycles. The van der Waals surface area contributed by atoms with E-state index in [0.29, 0.717) is 5.88 Å². The minimum atomic E-state index is 0.463. The highest BCUT2D eigenvalue weighted by molar-refractivity contribution is 7.13. The molecular weight excluding hydrogens is 290 g/mol. The van der Waals surface area contributed by atoms with E-state index >= 15 is 0 Å². The predicted molar refractivity (Wildman–Crippen MR) is 83.2 cm³/mol. The number of imidazole rings is 1. The van der Waals surface area contributed by atoms with E-state index in [1.807, 2.05) is 24.7 Å². The van der Waals surface area contributed by atoms with Crippen molar-refractivity contribution >= 4 is 22.9 Å². The molecule has 0 bridgehead atoms. The summed E-state index contributed by atoms with van der Waals surface area (Å²) < 4.78 is 2.13. The SMILES string of the molecule is Cc1nccn1Cc1cccc(-c2nc(CCl)cs2)c1. The molecule has 3 aromatic rings. The van der Waals surface area contributed by atoms with Crippen LogP contribution < -0.4 is 0 Å². The molecule has 0 radical (unpaired) electrons. The first-order valence-electron chi connectivity index (χ1n) is 6.33. The van der Waals surface area contributed by atoms with Crippen LogP contribution in [0.25, 0.3) is 10.6 Å². The van der Waals surface area contributed by atoms with Crippen LogP contribution in [0.2, 0.25) is 0 Å². The zero-order chi connectivity index (χ0) is 13.9. The number of hydrogen-bond donors (Lipinski definition) is 0. The fourth-order valence-electron chi connectivity index (χ4n) is 2.07. The molecule has 0 atom stereocenters. The summed E-state index contributed by atoms with van der Waals surface area (Å²) in [6.07, 6.45) is 3.82. The second kappa shape index (κ2) is 5.77. The van der Waals surface area contributed by atoms with Gasteiger partial charge in [-0.2, -0.15) is 0 Å². The third-order valence-corrected chi connectivity index (χ3v) is 4.35. The Labute approximate surface area is 126 Å². The first-order valence-corrected chi connectivity index (χ1v) is 7.75. The van der Waals surface area contributed by atoms with Gasteiger partial charge in [0.05, 0.1) is 11.6 Å². The van der Waals surface area contributed by atoms with Gasteiger partial charge < -0.3 is 4.57 Å². The van der Waals surface area contributed by atoms with Gasteiger partial charge in [-0.25, -0.2) is 9.97 Å². The normalized spacial score (nSPS) is 10.9. The first kappa shape index (κ1) is 13.3. The van der Waals surface area contributed by atoms with E-state index in [0.717, 1.165) is 28.6 Å². The van der Waals surface area contributed by atoms with Crippen molar-refractivity contribution in [3.63, 3.8) is 0 Å². The average Bonchev–Trinajstić information content (AvgIpc) is 3.09. The summed E-state index contributed by atoms with van der Waals surface area (Å²) in [7, 11) is 0. The van der Waals surface area contributed by atoms with Crippen molar-refractivity contribution in [2.24, 2.45) is 0 Å². The van der Waals surface area contributed by atoms with E-state index in [2.05, 4.69) is 38.8 Å². The number of benzene rings is 1. The Morgan fingerprint density at radius 2 is 2.25 bits per heavy atom. The van der Waals surface area contributed by atoms with Gasteiger partial charge in [-0.3, -0.25) is 0 Å². The van der Waals surface area contributed by atoms with Gasteiger partial charge in [0, 0.05) is 29.9 Å². The molecule has 0 aliphatic heterocycles. The Morgan fingerprint density at radius 1 is 1.35 bits per heavy atom. The van der Waals surface area contributed by atoms with Crippen molar-refractivity contribution in [3.05, 3.63) is 59.1 Å². The number of aryl methyl sites for hydroxylation is 1. The summed E-state index contributed by atoms with van der Waals surface area (Å²) in [4.78, 5) is 8.77. The van der Waals surface area contributed by atoms with Gasteiger partial charge in [0.2, 0.25) is 0 Å². The fourth-order valence-corrected chi connectivity index (χ4v) is 3.12. The molecule has 0 amide bonds. The third-order valence-electron chi connectivity index (χ3n) is 3.14. The molecular formula is C15H14ClN3S. The second-order valence-electron chi connectivity index (χ2n) is 4.58. The highest BCUT2D eigenvalue weighted by atomic mass is 35.5. The van der Waals surface area contributed by atoms with E-state index < -0.39 is 0 Å². The maximum Gasteiger partial charge on any atom is 0.123 e. The standard InChI is InChI=1S/C15H14ClN3S/c1-11-17-5-6-19(11)9-12-3-2-4-13(7-12)15-18-14(8-16)10-20-15/h2-7,10H,8-9H2,1H3. The highest BCUT2D eigenvalue weighted by Crippen LogP contribution is 2.25. The number of nitrogens with zero attached hydrogens (tertiary/aromatic N) is 3. The molecule has 0 N–H and O–H groups in total. The molecule has 0 saturated heterocycles. The van der Waals surface area contributed by atoms with E-state index in [4.69, 9.17) is 11.6 Å². The predicted octanol–water partition coefficient (Wildman–Crippen LogP) is 4.10. The van der Waals surface area contributed by atoms with Gasteiger partial charge in [0.15, 0.2) is 0 Å². The number of aromatic nitrogens is 3. The first-order chi connectivity index (χ1) is 9.76. The summed E-state index contributed by atoms with van der Waals surface area (Å²) in [6, 6.07) is 8.45. The molecule has 20 heavy (non-hydrogen) atoms. The quantitative estimate of drug-likeness (QED) is 0.679. The lowest BCUT2D eigenvalue weighted by molar-refractivity contribution is 0.762. The summed E-state index contributed by atoms with van der Waals surface area (Å²) in [5, 5.41) is 3.03. The molecule has 1 aromatic carbocycles. The maximum atomic E-state index is 5.81. The molecule has 0 aliphatic carbocycles. The van der Waals surface area contributed by atoms with Gasteiger partial charge in [0.1, 0.15) is 10.8 Å². The van der Waals surface area contributed by atoms with Crippen molar-refractivity contribution < 1.29 is 0 Å². The maximum absolute atomic E-state index is 5.81. The average molecular weight is 304 g/mol. The monoisotopic (exact) mass is 303 g/mol. The molecule has 0 fully saturated rings. The number of alkyl halides is 1. The highest BCUT2D eigenvalue weighted by Gasteiger charge is 2.06. The largest absolute Gasteiger partial charge is 0.331 e. The third kappa shape index (κ3) is 2.76. The van der Waals surface area contributed by atoms with Crippen molar-refractivity contribution in [3.8, 4) is 10.6 Å². The number of hydrogen-bond acceptors (Lipinski definition) is 3. The van der Waals surface area contributed by atoms with Crippen molar-refractivity contribution in [2.45, 2.75) is 19.3 Å². The van der Waals surface area contributed by atoms with Gasteiger partial charge >= 0.3 is 0 Å². The molecule has 102 valence electrons. The molecule has 0 unspecified atom stereocenters. The number of rotatable bonds is 4. The van der Waals surface area contributed by atoms with Gasteiger partial charge in [-0.15, -0.1) is 22.9 Å². The van der Waals surface area contributed by atoms with Crippen LogP contribution in [0, 0.1) is 6.92 Å². The summed E-state index contributed by atoms with van der Waals surface area (Å²) in [5.41, 5.74) is 3.32. The van der Waals surface area contributed by atoms with Crippen LogP contribution in [-0.2, 0) is 12.4 Å². The molecule has 2 heterocycles. The minimum Gasteiger partial charge on any atom is -0.331 e. The topological polar surface area (TPSA) is 30.7 Å². The van der Waals surface area contributed by atoms with Gasteiger partial charge in [-0.05, 0) is 18.6 Å². The lowest BCUT2D eigenvalue weighted by Crippen LogP contribution is -2.00. The molecule has 3 rings (SSSR count). The smallest absolute Gasteiger partial charge is 0.123 e. The van der Waals surface area contributed by atoms with E-state index in [1.54, 1.807) is 11.3 Å². The zero-order valence-corrected chi connectivity index (χ0v) is 12.7. The van der Waals surface area contributed by atoms with Crippen molar-refractivity contribution in [1.82, 2.24) is 14.5 Å². The fraction of sp³-hybridized carbons (Fsp3) is 0.200. The number of halogens is 1. The van der Waals surface area contributed by atoms with Crippen LogP contribution >= 0.6 is 22.9 Å². The Hall–Kier alpha value is -1.65. The molecule has 3 nitrogen and oxygen atoms in total. The Bertz CT molecular complexity index is 717. The van der Waals surface area contributed by atoms with Crippen LogP contribution in [0.4, 0.5) is 0 Å². The van der Waals surface area contributed by atoms with Crippen molar-refractivity contribution in [2.75, 3.05) is 0 Å². The Balaban J connectivity index is 1.87. The molecule has 0 aliphatic rings. The molecule has 2 aromatic heterocycles. The number of thiazole rings is 1. The lowest BCUT2D eigenvalue weighted by Gasteiger charge is -2.06. The molecule has 5 heteroatoms. The van der Waals surface area contributed by atoms with Crippen molar-refractivity contribution in [1.29, 1.82) is 0 Å². The Kier molecular flexibility index (Phi) is 3.85. The summed E-state index contributed by atoms with van der Waals surface area (Å²) in [6.45, 7) is 2.84. The van der Waals surface area contributed by atoms with Crippen LogP contribution in [0.3, 0.4) is 0 Å². The van der Waals surface area contributed by atoms with E-state index in [-0.39, 0.29) is 0 Å². The molecule has 0 spiro atoms. The summed E-state index contributed by atoms with van der Waals surface area (Å²) >= 11 is 7.44. The van der Waals surface area contributed by atoms with E-state index in [1.165, 1.54) is 5.56 Å². The lowest BCUT2D eigenvalue weighted by atomic mass is 10.1. The summed E-state index contributed by atoms with van der Waals surface area (Å²) in [5.74, 6) is 1.49. The van der Waals surface area contributed by atoms with Crippen LogP contribution in [0.5, 0.6) is 0 Å². The van der Waals surface area contributed by atoms with Crippen LogP contribution in [-0.4, -0.2) is 14.5 Å². The van der Waals surface area contributed by atoms with Crippen LogP contribution in [0.15, 0.2) is 42.0 Å². The minimum absolute atomic E-state index is 0.463.